The molecule has 0 spiro atoms. The van der Waals surface area contributed by atoms with Gasteiger partial charge in [-0.05, 0) is 61.9 Å². The molecule has 1 aliphatic rings. The molecule has 0 aliphatic carbocycles. The molecule has 28 heavy (non-hydrogen) atoms. The van der Waals surface area contributed by atoms with Crippen molar-refractivity contribution in [2.24, 2.45) is 5.92 Å². The Balaban J connectivity index is 1.41. The lowest BCUT2D eigenvalue weighted by molar-refractivity contribution is 0.180. The van der Waals surface area contributed by atoms with Crippen LogP contribution in [0.5, 0.6) is 0 Å². The van der Waals surface area contributed by atoms with Crippen LogP contribution in [0.1, 0.15) is 24.8 Å². The summed E-state index contributed by atoms with van der Waals surface area (Å²) >= 11 is 6.86. The summed E-state index contributed by atoms with van der Waals surface area (Å²) in [5.74, 6) is 0.401. The van der Waals surface area contributed by atoms with E-state index in [1.54, 1.807) is 6.07 Å². The van der Waals surface area contributed by atoms with Crippen molar-refractivity contribution in [3.63, 3.8) is 0 Å². The molecule has 3 rings (SSSR count). The zero-order valence-electron chi connectivity index (χ0n) is 15.7. The number of rotatable bonds is 6. The number of halogens is 1. The summed E-state index contributed by atoms with van der Waals surface area (Å²) in [6.45, 7) is 3.73. The molecule has 1 aliphatic heterocycles. The summed E-state index contributed by atoms with van der Waals surface area (Å²) in [4.78, 5) is 14.2. The number of benzene rings is 1. The number of urea groups is 1. The van der Waals surface area contributed by atoms with Gasteiger partial charge < -0.3 is 10.2 Å². The van der Waals surface area contributed by atoms with Crippen molar-refractivity contribution >= 4 is 44.7 Å². The first-order valence-electron chi connectivity index (χ1n) is 9.21. The number of carbonyl (C=O) groups excluding carboxylic acids is 1. The van der Waals surface area contributed by atoms with E-state index in [-0.39, 0.29) is 10.2 Å². The maximum atomic E-state index is 12.4. The van der Waals surface area contributed by atoms with Crippen LogP contribution in [-0.4, -0.2) is 39.0 Å². The second-order valence-corrected chi connectivity index (χ2v) is 10.7. The van der Waals surface area contributed by atoms with Crippen molar-refractivity contribution in [1.82, 2.24) is 9.62 Å². The fraction of sp³-hybridized carbons (Fsp3) is 0.421. The van der Waals surface area contributed by atoms with Crippen molar-refractivity contribution < 1.29 is 13.2 Å². The molecule has 6 nitrogen and oxygen atoms in total. The molecule has 1 saturated heterocycles. The predicted octanol–water partition coefficient (Wildman–Crippen LogP) is 4.32. The normalized spacial score (nSPS) is 15.6. The molecule has 2 N–H and O–H groups in total. The van der Waals surface area contributed by atoms with Crippen LogP contribution in [0.25, 0.3) is 0 Å². The van der Waals surface area contributed by atoms with Crippen LogP contribution in [0, 0.1) is 12.8 Å². The van der Waals surface area contributed by atoms with Gasteiger partial charge in [-0.1, -0.05) is 23.7 Å². The number of sulfonamides is 1. The zero-order chi connectivity index (χ0) is 20.1. The summed E-state index contributed by atoms with van der Waals surface area (Å²) < 4.78 is 27.7. The van der Waals surface area contributed by atoms with Gasteiger partial charge in [0.05, 0.1) is 4.34 Å². The first-order valence-corrected chi connectivity index (χ1v) is 11.9. The number of hydrogen-bond donors (Lipinski definition) is 2. The third kappa shape index (κ3) is 5.70. The number of piperidine rings is 1. The van der Waals surface area contributed by atoms with Gasteiger partial charge in [0.2, 0.25) is 10.0 Å². The molecular formula is C19H24ClN3O3S2. The van der Waals surface area contributed by atoms with E-state index in [4.69, 9.17) is 11.6 Å². The number of anilines is 1. The average Bonchev–Trinajstić information content (AvgIpc) is 3.09. The fourth-order valence-electron chi connectivity index (χ4n) is 3.26. The molecular weight excluding hydrogens is 418 g/mol. The van der Waals surface area contributed by atoms with Crippen molar-refractivity contribution in [1.29, 1.82) is 0 Å². The molecule has 0 radical (unpaired) electrons. The highest BCUT2D eigenvalue weighted by molar-refractivity contribution is 7.91. The van der Waals surface area contributed by atoms with Gasteiger partial charge >= 0.3 is 6.03 Å². The second-order valence-electron chi connectivity index (χ2n) is 6.98. The third-order valence-electron chi connectivity index (χ3n) is 4.83. The molecule has 1 fully saturated rings. The molecule has 1 aromatic heterocycles. The summed E-state index contributed by atoms with van der Waals surface area (Å²) in [6.07, 6.45) is 2.49. The van der Waals surface area contributed by atoms with Gasteiger partial charge in [-0.15, -0.1) is 11.3 Å². The van der Waals surface area contributed by atoms with E-state index < -0.39 is 10.0 Å². The van der Waals surface area contributed by atoms with E-state index in [2.05, 4.69) is 10.0 Å². The smallest absolute Gasteiger partial charge is 0.321 e. The van der Waals surface area contributed by atoms with Gasteiger partial charge in [0.15, 0.2) is 0 Å². The molecule has 2 amide bonds. The Hall–Kier alpha value is -1.61. The third-order valence-corrected chi connectivity index (χ3v) is 8.01. The number of aryl methyl sites for hydroxylation is 1. The number of nitrogens with zero attached hydrogens (tertiary/aromatic N) is 1. The Kier molecular flexibility index (Phi) is 6.98. The minimum Gasteiger partial charge on any atom is -0.325 e. The Morgan fingerprint density at radius 3 is 2.64 bits per heavy atom. The van der Waals surface area contributed by atoms with Crippen LogP contribution in [0.3, 0.4) is 0 Å². The van der Waals surface area contributed by atoms with Gasteiger partial charge in [0.25, 0.3) is 0 Å². The van der Waals surface area contributed by atoms with Gasteiger partial charge in [-0.25, -0.2) is 17.9 Å². The number of likely N-dealkylation sites (tertiary alicyclic amines) is 1. The van der Waals surface area contributed by atoms with E-state index >= 15 is 0 Å². The largest absolute Gasteiger partial charge is 0.325 e. The summed E-state index contributed by atoms with van der Waals surface area (Å²) in [6, 6.07) is 10.7. The molecule has 0 unspecified atom stereocenters. The first kappa shape index (κ1) is 21.1. The summed E-state index contributed by atoms with van der Waals surface area (Å²) in [7, 11) is -3.49. The number of hydrogen-bond acceptors (Lipinski definition) is 4. The van der Waals surface area contributed by atoms with Crippen LogP contribution >= 0.6 is 22.9 Å². The predicted molar refractivity (Wildman–Crippen MR) is 114 cm³/mol. The highest BCUT2D eigenvalue weighted by atomic mass is 35.5. The molecule has 0 atom stereocenters. The Morgan fingerprint density at radius 2 is 2.00 bits per heavy atom. The molecule has 9 heteroatoms. The Bertz CT molecular complexity index is 922. The SMILES string of the molecule is Cc1cccc(NC(=O)N2CCC(CCNS(=O)(=O)c3ccc(Cl)s3)CC2)c1. The highest BCUT2D eigenvalue weighted by Crippen LogP contribution is 2.26. The van der Waals surface area contributed by atoms with Crippen LogP contribution < -0.4 is 10.0 Å². The van der Waals surface area contributed by atoms with Gasteiger partial charge in [0, 0.05) is 25.3 Å². The van der Waals surface area contributed by atoms with Crippen molar-refractivity contribution in [2.45, 2.75) is 30.4 Å². The number of amides is 2. The number of thiophene rings is 1. The minimum absolute atomic E-state index is 0.0840. The lowest BCUT2D eigenvalue weighted by Crippen LogP contribution is -2.41. The van der Waals surface area contributed by atoms with Crippen LogP contribution in [0.4, 0.5) is 10.5 Å². The van der Waals surface area contributed by atoms with Crippen molar-refractivity contribution in [3.8, 4) is 0 Å². The van der Waals surface area contributed by atoms with E-state index in [0.717, 1.165) is 41.9 Å². The maximum Gasteiger partial charge on any atom is 0.321 e. The first-order chi connectivity index (χ1) is 13.3. The monoisotopic (exact) mass is 441 g/mol. The Morgan fingerprint density at radius 1 is 1.25 bits per heavy atom. The fourth-order valence-corrected chi connectivity index (χ4v) is 5.84. The van der Waals surface area contributed by atoms with Crippen LogP contribution in [0.15, 0.2) is 40.6 Å². The molecule has 2 aromatic rings. The summed E-state index contributed by atoms with van der Waals surface area (Å²) in [5.41, 5.74) is 1.90. The van der Waals surface area contributed by atoms with Crippen LogP contribution in [-0.2, 0) is 10.0 Å². The van der Waals surface area contributed by atoms with E-state index in [9.17, 15) is 13.2 Å². The van der Waals surface area contributed by atoms with Gasteiger partial charge in [-0.3, -0.25) is 0 Å². The molecule has 2 heterocycles. The zero-order valence-corrected chi connectivity index (χ0v) is 18.0. The molecule has 152 valence electrons. The van der Waals surface area contributed by atoms with E-state index in [1.165, 1.54) is 6.07 Å². The topological polar surface area (TPSA) is 78.5 Å². The Labute approximate surface area is 174 Å². The molecule has 1 aromatic carbocycles. The number of nitrogens with one attached hydrogen (secondary N) is 2. The van der Waals surface area contributed by atoms with Crippen LogP contribution in [0.2, 0.25) is 4.34 Å². The second kappa shape index (κ2) is 9.26. The summed E-state index contributed by atoms with van der Waals surface area (Å²) in [5, 5.41) is 2.94. The molecule has 0 saturated carbocycles. The van der Waals surface area contributed by atoms with Crippen molar-refractivity contribution in [3.05, 3.63) is 46.3 Å². The van der Waals surface area contributed by atoms with Gasteiger partial charge in [0.1, 0.15) is 4.21 Å². The number of carbonyl (C=O) groups is 1. The van der Waals surface area contributed by atoms with Gasteiger partial charge in [-0.2, -0.15) is 0 Å². The quantitative estimate of drug-likeness (QED) is 0.700. The average molecular weight is 442 g/mol. The lowest BCUT2D eigenvalue weighted by atomic mass is 9.94. The van der Waals surface area contributed by atoms with E-state index in [0.29, 0.717) is 29.9 Å². The van der Waals surface area contributed by atoms with Crippen molar-refractivity contribution in [2.75, 3.05) is 25.0 Å². The standard InChI is InChI=1S/C19H24ClN3O3S2/c1-14-3-2-4-16(13-14)22-19(24)23-11-8-15(9-12-23)7-10-21-28(25,26)18-6-5-17(20)27-18/h2-6,13,15,21H,7-12H2,1H3,(H,22,24). The highest BCUT2D eigenvalue weighted by Gasteiger charge is 2.23. The molecule has 0 bridgehead atoms. The lowest BCUT2D eigenvalue weighted by Gasteiger charge is -2.32. The van der Waals surface area contributed by atoms with E-state index in [1.807, 2.05) is 36.1 Å². The maximum absolute atomic E-state index is 12.4. The minimum atomic E-state index is -3.49.